The summed E-state index contributed by atoms with van der Waals surface area (Å²) in [5.41, 5.74) is -0.0494. The van der Waals surface area contributed by atoms with E-state index in [-0.39, 0.29) is 54.5 Å². The van der Waals surface area contributed by atoms with Crippen molar-refractivity contribution in [2.24, 2.45) is 0 Å². The summed E-state index contributed by atoms with van der Waals surface area (Å²) in [6.45, 7) is 5.22. The molecule has 0 aromatic heterocycles. The van der Waals surface area contributed by atoms with Crippen LogP contribution in [-0.2, 0) is 4.79 Å². The second-order valence-corrected chi connectivity index (χ2v) is 5.60. The second kappa shape index (κ2) is 8.33. The molecule has 0 saturated heterocycles. The fourth-order valence-corrected chi connectivity index (χ4v) is 2.35. The number of ketones is 2. The molecule has 138 valence electrons. The van der Waals surface area contributed by atoms with Gasteiger partial charge in [-0.15, -0.1) is 0 Å². The molecule has 0 radical (unpaired) electrons. The van der Waals surface area contributed by atoms with Crippen molar-refractivity contribution in [2.45, 2.75) is 19.8 Å². The van der Waals surface area contributed by atoms with E-state index >= 15 is 0 Å². The number of benzene rings is 1. The van der Waals surface area contributed by atoms with Crippen molar-refractivity contribution in [3.8, 4) is 23.0 Å². The van der Waals surface area contributed by atoms with Crippen molar-refractivity contribution < 1.29 is 33.7 Å². The number of fused-ring (bicyclic) bond motifs is 1. The first-order chi connectivity index (χ1) is 12.3. The summed E-state index contributed by atoms with van der Waals surface area (Å²) in [6.07, 6.45) is 3.01. The lowest BCUT2D eigenvalue weighted by Gasteiger charge is -2.21. The summed E-state index contributed by atoms with van der Waals surface area (Å²) in [5.74, 6) is -2.39. The van der Waals surface area contributed by atoms with Crippen molar-refractivity contribution in [3.63, 3.8) is 0 Å². The van der Waals surface area contributed by atoms with Gasteiger partial charge in [-0.05, 0) is 24.6 Å². The van der Waals surface area contributed by atoms with Crippen molar-refractivity contribution in [2.75, 3.05) is 13.2 Å². The predicted molar refractivity (Wildman–Crippen MR) is 92.5 cm³/mol. The van der Waals surface area contributed by atoms with E-state index in [4.69, 9.17) is 9.47 Å². The number of aromatic hydroxyl groups is 2. The van der Waals surface area contributed by atoms with Crippen LogP contribution in [0.1, 0.15) is 30.1 Å². The van der Waals surface area contributed by atoms with Crippen LogP contribution in [0.25, 0.3) is 0 Å². The zero-order chi connectivity index (χ0) is 19.3. The molecule has 2 rings (SSSR count). The van der Waals surface area contributed by atoms with E-state index in [0.29, 0.717) is 0 Å². The quantitative estimate of drug-likeness (QED) is 0.439. The van der Waals surface area contributed by atoms with E-state index in [1.807, 2.05) is 0 Å². The molecule has 6 nitrogen and oxygen atoms in total. The Balaban J connectivity index is 2.11. The van der Waals surface area contributed by atoms with Crippen molar-refractivity contribution >= 4 is 11.6 Å². The lowest BCUT2D eigenvalue weighted by atomic mass is 10.00. The van der Waals surface area contributed by atoms with E-state index < -0.39 is 23.1 Å². The monoisotopic (exact) mass is 362 g/mol. The Morgan fingerprint density at radius 2 is 1.92 bits per heavy atom. The van der Waals surface area contributed by atoms with E-state index in [2.05, 4.69) is 6.58 Å². The van der Waals surface area contributed by atoms with Crippen LogP contribution in [-0.4, -0.2) is 35.0 Å². The van der Waals surface area contributed by atoms with Gasteiger partial charge in [-0.2, -0.15) is 0 Å². The molecule has 1 heterocycles. The molecule has 26 heavy (non-hydrogen) atoms. The molecule has 0 atom stereocenters. The average molecular weight is 362 g/mol. The minimum absolute atomic E-state index is 0.00941. The summed E-state index contributed by atoms with van der Waals surface area (Å²) in [4.78, 5) is 24.4. The van der Waals surface area contributed by atoms with Crippen LogP contribution in [0.15, 0.2) is 42.3 Å². The number of hydrogen-bond donors (Lipinski definition) is 2. The molecule has 0 aliphatic carbocycles. The van der Waals surface area contributed by atoms with Gasteiger partial charge in [0.25, 0.3) is 0 Å². The van der Waals surface area contributed by atoms with Gasteiger partial charge in [-0.25, -0.2) is 4.39 Å². The van der Waals surface area contributed by atoms with Crippen LogP contribution in [0.4, 0.5) is 4.39 Å². The minimum atomic E-state index is -0.620. The zero-order valence-electron chi connectivity index (χ0n) is 14.3. The topological polar surface area (TPSA) is 93.1 Å². The SMILES string of the molecule is C=C/C(F)=C\C=C(/C)C(=O)CCC(=O)c1c(O)cc2c(c1O)OCCO2. The molecular weight excluding hydrogens is 343 g/mol. The highest BCUT2D eigenvalue weighted by molar-refractivity contribution is 6.05. The Kier molecular flexibility index (Phi) is 6.16. The molecule has 2 N–H and O–H groups in total. The van der Waals surface area contributed by atoms with Crippen LogP contribution < -0.4 is 9.47 Å². The number of phenols is 2. The van der Waals surface area contributed by atoms with Gasteiger partial charge >= 0.3 is 0 Å². The molecule has 1 aromatic rings. The first-order valence-electron chi connectivity index (χ1n) is 7.92. The van der Waals surface area contributed by atoms with Gasteiger partial charge in [0.05, 0.1) is 0 Å². The zero-order valence-corrected chi connectivity index (χ0v) is 14.3. The molecule has 0 saturated carbocycles. The number of rotatable bonds is 7. The number of Topliss-reactive ketones (excluding diaryl/α,β-unsaturated/α-hetero) is 2. The lowest BCUT2D eigenvalue weighted by molar-refractivity contribution is -0.115. The van der Waals surface area contributed by atoms with E-state index in [1.54, 1.807) is 0 Å². The molecule has 0 amide bonds. The molecule has 1 aliphatic heterocycles. The molecule has 1 aromatic carbocycles. The Morgan fingerprint density at radius 1 is 1.23 bits per heavy atom. The highest BCUT2D eigenvalue weighted by atomic mass is 19.1. The van der Waals surface area contributed by atoms with Crippen LogP contribution in [0, 0.1) is 0 Å². The fraction of sp³-hybridized carbons (Fsp3) is 0.263. The summed E-state index contributed by atoms with van der Waals surface area (Å²) >= 11 is 0. The number of carbonyl (C=O) groups is 2. The molecule has 0 unspecified atom stereocenters. The molecule has 7 heteroatoms. The van der Waals surface area contributed by atoms with Crippen LogP contribution in [0.2, 0.25) is 0 Å². The second-order valence-electron chi connectivity index (χ2n) is 5.60. The highest BCUT2D eigenvalue weighted by Gasteiger charge is 2.26. The Hall–Kier alpha value is -3.09. The summed E-state index contributed by atoms with van der Waals surface area (Å²) in [5, 5.41) is 20.2. The Morgan fingerprint density at radius 3 is 2.62 bits per heavy atom. The summed E-state index contributed by atoms with van der Waals surface area (Å²) < 4.78 is 23.5. The van der Waals surface area contributed by atoms with Gasteiger partial charge in [0.1, 0.15) is 30.4 Å². The third-order valence-corrected chi connectivity index (χ3v) is 3.77. The number of phenolic OH excluding ortho intramolecular Hbond substituents is 2. The van der Waals surface area contributed by atoms with Gasteiger partial charge in [0.2, 0.25) is 5.75 Å². The Labute approximate surface area is 149 Å². The molecule has 0 spiro atoms. The van der Waals surface area contributed by atoms with Crippen LogP contribution >= 0.6 is 0 Å². The van der Waals surface area contributed by atoms with Crippen LogP contribution in [0.3, 0.4) is 0 Å². The van der Waals surface area contributed by atoms with Gasteiger partial charge in [-0.1, -0.05) is 12.7 Å². The van der Waals surface area contributed by atoms with Gasteiger partial charge in [-0.3, -0.25) is 9.59 Å². The first-order valence-corrected chi connectivity index (χ1v) is 7.92. The average Bonchev–Trinajstić information content (AvgIpc) is 2.63. The third kappa shape index (κ3) is 4.30. The van der Waals surface area contributed by atoms with Gasteiger partial charge in [0, 0.05) is 18.9 Å². The van der Waals surface area contributed by atoms with E-state index in [9.17, 15) is 24.2 Å². The maximum Gasteiger partial charge on any atom is 0.204 e. The maximum absolute atomic E-state index is 13.0. The number of allylic oxidation sites excluding steroid dienone is 5. The van der Waals surface area contributed by atoms with Crippen molar-refractivity contribution in [1.82, 2.24) is 0 Å². The molecule has 1 aliphatic rings. The third-order valence-electron chi connectivity index (χ3n) is 3.77. The first kappa shape index (κ1) is 19.2. The smallest absolute Gasteiger partial charge is 0.204 e. The van der Waals surface area contributed by atoms with Crippen LogP contribution in [0.5, 0.6) is 23.0 Å². The van der Waals surface area contributed by atoms with E-state index in [0.717, 1.165) is 12.2 Å². The van der Waals surface area contributed by atoms with Crippen molar-refractivity contribution in [1.29, 1.82) is 0 Å². The Bertz CT molecular complexity index is 807. The highest BCUT2D eigenvalue weighted by Crippen LogP contribution is 2.45. The predicted octanol–water partition coefficient (Wildman–Crippen LogP) is 3.39. The fourth-order valence-electron chi connectivity index (χ4n) is 2.35. The summed E-state index contributed by atoms with van der Waals surface area (Å²) in [7, 11) is 0. The maximum atomic E-state index is 13.0. The van der Waals surface area contributed by atoms with Gasteiger partial charge < -0.3 is 19.7 Å². The number of ether oxygens (including phenoxy) is 2. The molecule has 0 bridgehead atoms. The standard InChI is InChI=1S/C19H19FO6/c1-3-12(20)5-4-11(2)13(21)6-7-14(22)17-15(23)10-16-19(18(17)24)26-9-8-25-16/h3-5,10,23-24H,1,6-9H2,2H3/b11-4+,12-5+. The molecular formula is C19H19FO6. The normalized spacial score (nSPS) is 14.1. The summed E-state index contributed by atoms with van der Waals surface area (Å²) in [6, 6.07) is 1.19. The number of carbonyl (C=O) groups excluding carboxylic acids is 2. The minimum Gasteiger partial charge on any atom is -0.507 e. The lowest BCUT2D eigenvalue weighted by Crippen LogP contribution is -2.16. The van der Waals surface area contributed by atoms with E-state index in [1.165, 1.54) is 19.1 Å². The largest absolute Gasteiger partial charge is 0.507 e. The van der Waals surface area contributed by atoms with Crippen molar-refractivity contribution in [3.05, 3.63) is 47.8 Å². The number of halogens is 1. The molecule has 0 fully saturated rings. The number of hydrogen-bond acceptors (Lipinski definition) is 6. The van der Waals surface area contributed by atoms with Gasteiger partial charge in [0.15, 0.2) is 23.1 Å².